The molecule has 1 aromatic heterocycles. The Balaban J connectivity index is 1.39. The molecule has 0 fully saturated rings. The zero-order valence-corrected chi connectivity index (χ0v) is 16.2. The molecule has 4 nitrogen and oxygen atoms in total. The van der Waals surface area contributed by atoms with Crippen LogP contribution in [0.1, 0.15) is 18.1 Å². The van der Waals surface area contributed by atoms with E-state index in [1.807, 2.05) is 78.9 Å². The molecule has 1 N–H and O–H groups in total. The number of fused-ring (bicyclic) bond motifs is 1. The van der Waals surface area contributed by atoms with Gasteiger partial charge in [0.15, 0.2) is 6.10 Å². The van der Waals surface area contributed by atoms with Gasteiger partial charge in [-0.15, -0.1) is 0 Å². The molecule has 0 saturated heterocycles. The first-order chi connectivity index (χ1) is 14.2. The molecule has 1 atom stereocenters. The van der Waals surface area contributed by atoms with Gasteiger partial charge in [0.2, 0.25) is 0 Å². The maximum absolute atomic E-state index is 12.6. The largest absolute Gasteiger partial charge is 0.480 e. The maximum Gasteiger partial charge on any atom is 0.265 e. The van der Waals surface area contributed by atoms with Crippen LogP contribution in [0.3, 0.4) is 0 Å². The molecule has 0 spiro atoms. The molecule has 3 aromatic carbocycles. The van der Waals surface area contributed by atoms with Crippen molar-refractivity contribution in [2.75, 3.05) is 5.32 Å². The molecule has 0 bridgehead atoms. The number of anilines is 1. The molecule has 0 aliphatic carbocycles. The molecule has 1 heterocycles. The normalized spacial score (nSPS) is 11.8. The number of carbonyl (C=O) groups excluding carboxylic acids is 1. The molecule has 0 saturated carbocycles. The van der Waals surface area contributed by atoms with Crippen LogP contribution >= 0.6 is 0 Å². The summed E-state index contributed by atoms with van der Waals surface area (Å²) in [5, 5.41) is 5.01. The van der Waals surface area contributed by atoms with Crippen molar-refractivity contribution in [1.82, 2.24) is 4.98 Å². The Morgan fingerprint density at radius 2 is 1.59 bits per heavy atom. The number of hydrogen-bond donors (Lipinski definition) is 1. The molecule has 4 aromatic rings. The van der Waals surface area contributed by atoms with Gasteiger partial charge in [0.25, 0.3) is 5.91 Å². The number of amides is 1. The van der Waals surface area contributed by atoms with Gasteiger partial charge in [0.1, 0.15) is 5.75 Å². The SMILES string of the molecule is C[C@@H](Oc1cccc2ccccc12)C(=O)Nc1ccc(Cc2ccncc2)cc1. The van der Waals surface area contributed by atoms with E-state index in [0.717, 1.165) is 22.9 Å². The predicted octanol–water partition coefficient (Wildman–Crippen LogP) is 5.23. The van der Waals surface area contributed by atoms with Gasteiger partial charge < -0.3 is 10.1 Å². The number of rotatable bonds is 6. The van der Waals surface area contributed by atoms with Crippen molar-refractivity contribution >= 4 is 22.4 Å². The summed E-state index contributed by atoms with van der Waals surface area (Å²) in [4.78, 5) is 16.6. The number of aromatic nitrogens is 1. The highest BCUT2D eigenvalue weighted by atomic mass is 16.5. The molecule has 144 valence electrons. The van der Waals surface area contributed by atoms with E-state index in [1.165, 1.54) is 11.1 Å². The minimum atomic E-state index is -0.614. The van der Waals surface area contributed by atoms with Gasteiger partial charge in [0.05, 0.1) is 0 Å². The number of carbonyl (C=O) groups is 1. The third-order valence-electron chi connectivity index (χ3n) is 4.80. The highest BCUT2D eigenvalue weighted by molar-refractivity contribution is 5.95. The molecule has 29 heavy (non-hydrogen) atoms. The molecular formula is C25H22N2O2. The van der Waals surface area contributed by atoms with Crippen molar-refractivity contribution < 1.29 is 9.53 Å². The van der Waals surface area contributed by atoms with Gasteiger partial charge in [-0.05, 0) is 60.2 Å². The van der Waals surface area contributed by atoms with Crippen LogP contribution in [0.2, 0.25) is 0 Å². The van der Waals surface area contributed by atoms with Gasteiger partial charge in [-0.25, -0.2) is 0 Å². The first-order valence-electron chi connectivity index (χ1n) is 9.62. The average molecular weight is 382 g/mol. The van der Waals surface area contributed by atoms with E-state index in [9.17, 15) is 4.79 Å². The van der Waals surface area contributed by atoms with E-state index in [4.69, 9.17) is 4.74 Å². The molecule has 1 amide bonds. The number of pyridine rings is 1. The van der Waals surface area contributed by atoms with Crippen molar-refractivity contribution in [1.29, 1.82) is 0 Å². The Morgan fingerprint density at radius 3 is 2.38 bits per heavy atom. The predicted molar refractivity (Wildman–Crippen MR) is 116 cm³/mol. The summed E-state index contributed by atoms with van der Waals surface area (Å²) in [5.74, 6) is 0.526. The Hall–Kier alpha value is -3.66. The lowest BCUT2D eigenvalue weighted by atomic mass is 10.1. The number of benzene rings is 3. The van der Waals surface area contributed by atoms with E-state index in [0.29, 0.717) is 5.75 Å². The summed E-state index contributed by atoms with van der Waals surface area (Å²) in [6.07, 6.45) is 3.80. The lowest BCUT2D eigenvalue weighted by molar-refractivity contribution is -0.122. The molecule has 4 heteroatoms. The van der Waals surface area contributed by atoms with Gasteiger partial charge >= 0.3 is 0 Å². The van der Waals surface area contributed by atoms with Crippen LogP contribution in [0.4, 0.5) is 5.69 Å². The fraction of sp³-hybridized carbons (Fsp3) is 0.120. The van der Waals surface area contributed by atoms with E-state index in [2.05, 4.69) is 10.3 Å². The Labute approximate surface area is 170 Å². The summed E-state index contributed by atoms with van der Waals surface area (Å²) in [6, 6.07) is 25.7. The summed E-state index contributed by atoms with van der Waals surface area (Å²) < 4.78 is 5.95. The first-order valence-corrected chi connectivity index (χ1v) is 9.62. The van der Waals surface area contributed by atoms with E-state index < -0.39 is 6.10 Å². The quantitative estimate of drug-likeness (QED) is 0.497. The van der Waals surface area contributed by atoms with Crippen LogP contribution < -0.4 is 10.1 Å². The van der Waals surface area contributed by atoms with Crippen LogP contribution in [0, 0.1) is 0 Å². The molecule has 0 aliphatic heterocycles. The monoisotopic (exact) mass is 382 g/mol. The highest BCUT2D eigenvalue weighted by Gasteiger charge is 2.16. The minimum absolute atomic E-state index is 0.181. The van der Waals surface area contributed by atoms with Gasteiger partial charge in [0, 0.05) is 23.5 Å². The summed E-state index contributed by atoms with van der Waals surface area (Å²) in [7, 11) is 0. The van der Waals surface area contributed by atoms with E-state index in [-0.39, 0.29) is 5.91 Å². The molecular weight excluding hydrogens is 360 g/mol. The molecule has 4 rings (SSSR count). The lowest BCUT2D eigenvalue weighted by Gasteiger charge is -2.16. The maximum atomic E-state index is 12.6. The smallest absolute Gasteiger partial charge is 0.265 e. The van der Waals surface area contributed by atoms with Crippen LogP contribution in [-0.2, 0) is 11.2 Å². The van der Waals surface area contributed by atoms with Crippen molar-refractivity contribution in [2.45, 2.75) is 19.4 Å². The lowest BCUT2D eigenvalue weighted by Crippen LogP contribution is -2.30. The second kappa shape index (κ2) is 8.57. The summed E-state index contributed by atoms with van der Waals surface area (Å²) >= 11 is 0. The van der Waals surface area contributed by atoms with Crippen LogP contribution in [-0.4, -0.2) is 17.0 Å². The van der Waals surface area contributed by atoms with Crippen LogP contribution in [0.25, 0.3) is 10.8 Å². The Bertz CT molecular complexity index is 1100. The molecule has 0 aliphatic rings. The highest BCUT2D eigenvalue weighted by Crippen LogP contribution is 2.26. The Kier molecular flexibility index (Phi) is 5.52. The average Bonchev–Trinajstić information content (AvgIpc) is 2.76. The standard InChI is InChI=1S/C25H22N2O2/c1-18(29-24-8-4-6-21-5-2-3-7-23(21)24)25(28)27-22-11-9-19(10-12-22)17-20-13-15-26-16-14-20/h2-16,18H,17H2,1H3,(H,27,28)/t18-/m1/s1. The fourth-order valence-electron chi connectivity index (χ4n) is 3.23. The fourth-order valence-corrected chi connectivity index (χ4v) is 3.23. The van der Waals surface area contributed by atoms with Crippen molar-refractivity contribution in [3.8, 4) is 5.75 Å². The van der Waals surface area contributed by atoms with Crippen molar-refractivity contribution in [3.63, 3.8) is 0 Å². The number of nitrogens with zero attached hydrogens (tertiary/aromatic N) is 1. The molecule has 0 unspecified atom stereocenters. The number of hydrogen-bond acceptors (Lipinski definition) is 3. The van der Waals surface area contributed by atoms with Gasteiger partial charge in [-0.2, -0.15) is 0 Å². The topological polar surface area (TPSA) is 51.2 Å². The zero-order chi connectivity index (χ0) is 20.1. The molecule has 0 radical (unpaired) electrons. The second-order valence-electron chi connectivity index (χ2n) is 6.96. The summed E-state index contributed by atoms with van der Waals surface area (Å²) in [5.41, 5.74) is 3.13. The zero-order valence-electron chi connectivity index (χ0n) is 16.2. The van der Waals surface area contributed by atoms with E-state index in [1.54, 1.807) is 19.3 Å². The number of nitrogens with one attached hydrogen (secondary N) is 1. The third kappa shape index (κ3) is 4.61. The second-order valence-corrected chi connectivity index (χ2v) is 6.96. The van der Waals surface area contributed by atoms with Crippen LogP contribution in [0.15, 0.2) is 91.3 Å². The summed E-state index contributed by atoms with van der Waals surface area (Å²) in [6.45, 7) is 1.76. The van der Waals surface area contributed by atoms with E-state index >= 15 is 0 Å². The van der Waals surface area contributed by atoms with Crippen molar-refractivity contribution in [2.24, 2.45) is 0 Å². The third-order valence-corrected chi connectivity index (χ3v) is 4.80. The first kappa shape index (κ1) is 18.7. The van der Waals surface area contributed by atoms with Gasteiger partial charge in [-0.3, -0.25) is 9.78 Å². The Morgan fingerprint density at radius 1 is 0.897 bits per heavy atom. The van der Waals surface area contributed by atoms with Crippen LogP contribution in [0.5, 0.6) is 5.75 Å². The van der Waals surface area contributed by atoms with Crippen molar-refractivity contribution in [3.05, 3.63) is 102 Å². The minimum Gasteiger partial charge on any atom is -0.480 e. The van der Waals surface area contributed by atoms with Gasteiger partial charge in [-0.1, -0.05) is 48.5 Å². The number of ether oxygens (including phenoxy) is 1.